The molecule has 6 nitrogen and oxygen atoms in total. The number of fused-ring (bicyclic) bond motifs is 1. The zero-order valence-electron chi connectivity index (χ0n) is 14.3. The fraction of sp³-hybridized carbons (Fsp3) is 0.444. The van der Waals surface area contributed by atoms with Crippen molar-refractivity contribution in [2.75, 3.05) is 6.79 Å². The fourth-order valence-electron chi connectivity index (χ4n) is 2.97. The Kier molecular flexibility index (Phi) is 5.03. The van der Waals surface area contributed by atoms with Gasteiger partial charge in [-0.2, -0.15) is 0 Å². The summed E-state index contributed by atoms with van der Waals surface area (Å²) in [6.45, 7) is 5.68. The van der Waals surface area contributed by atoms with Gasteiger partial charge in [-0.05, 0) is 38.0 Å². The van der Waals surface area contributed by atoms with Crippen LogP contribution < -0.4 is 14.8 Å². The molecular weight excluding hydrogens is 390 g/mol. The van der Waals surface area contributed by atoms with E-state index < -0.39 is 11.9 Å². The molecule has 0 radical (unpaired) electrons. The molecule has 2 aliphatic rings. The van der Waals surface area contributed by atoms with Gasteiger partial charge in [0.1, 0.15) is 0 Å². The first-order valence-corrected chi connectivity index (χ1v) is 9.00. The van der Waals surface area contributed by atoms with Crippen LogP contribution in [0.25, 0.3) is 0 Å². The van der Waals surface area contributed by atoms with Gasteiger partial charge in [0, 0.05) is 22.5 Å². The summed E-state index contributed by atoms with van der Waals surface area (Å²) in [6, 6.07) is 3.62. The molecular formula is C18H20BrNO5. The maximum atomic E-state index is 12.7. The third-order valence-corrected chi connectivity index (χ3v) is 5.13. The van der Waals surface area contributed by atoms with Crippen LogP contribution in [0.2, 0.25) is 0 Å². The van der Waals surface area contributed by atoms with E-state index in [1.54, 1.807) is 13.0 Å². The molecule has 1 amide bonds. The molecule has 7 heteroatoms. The van der Waals surface area contributed by atoms with E-state index in [0.29, 0.717) is 22.8 Å². The van der Waals surface area contributed by atoms with Gasteiger partial charge in [-0.15, -0.1) is 0 Å². The Balaban J connectivity index is 2.02. The molecule has 0 aliphatic carbocycles. The van der Waals surface area contributed by atoms with E-state index >= 15 is 0 Å². The van der Waals surface area contributed by atoms with Gasteiger partial charge in [0.2, 0.25) is 12.7 Å². The molecule has 2 atom stereocenters. The van der Waals surface area contributed by atoms with E-state index in [1.165, 1.54) is 0 Å². The van der Waals surface area contributed by atoms with Crippen LogP contribution in [-0.2, 0) is 14.3 Å². The molecule has 0 aromatic heterocycles. The Morgan fingerprint density at radius 3 is 2.76 bits per heavy atom. The highest BCUT2D eigenvalue weighted by Crippen LogP contribution is 2.43. The SMILES string of the molecule is CCC(C)OC(=O)C1=C(C)NC(=O)CC1c1cc2c(cc1Br)OCO2. The second-order valence-corrected chi connectivity index (χ2v) is 7.05. The van der Waals surface area contributed by atoms with Crippen molar-refractivity contribution in [1.29, 1.82) is 0 Å². The molecule has 2 heterocycles. The second kappa shape index (κ2) is 7.07. The number of hydrogen-bond donors (Lipinski definition) is 1. The summed E-state index contributed by atoms with van der Waals surface area (Å²) >= 11 is 3.52. The third-order valence-electron chi connectivity index (χ3n) is 4.44. The quantitative estimate of drug-likeness (QED) is 0.771. The van der Waals surface area contributed by atoms with E-state index in [4.69, 9.17) is 14.2 Å². The molecule has 2 unspecified atom stereocenters. The largest absolute Gasteiger partial charge is 0.459 e. The summed E-state index contributed by atoms with van der Waals surface area (Å²) < 4.78 is 17.1. The number of rotatable bonds is 4. The number of carbonyl (C=O) groups is 2. The first-order chi connectivity index (χ1) is 11.9. The number of nitrogens with one attached hydrogen (secondary N) is 1. The van der Waals surface area contributed by atoms with E-state index in [0.717, 1.165) is 16.5 Å². The first-order valence-electron chi connectivity index (χ1n) is 8.21. The van der Waals surface area contributed by atoms with Crippen molar-refractivity contribution in [1.82, 2.24) is 5.32 Å². The molecule has 0 fully saturated rings. The summed E-state index contributed by atoms with van der Waals surface area (Å²) in [6.07, 6.45) is 0.704. The molecule has 1 N–H and O–H groups in total. The van der Waals surface area contributed by atoms with Gasteiger partial charge in [-0.1, -0.05) is 22.9 Å². The summed E-state index contributed by atoms with van der Waals surface area (Å²) in [7, 11) is 0. The predicted molar refractivity (Wildman–Crippen MR) is 94.3 cm³/mol. The highest BCUT2D eigenvalue weighted by atomic mass is 79.9. The average molecular weight is 410 g/mol. The number of ether oxygens (including phenoxy) is 3. The van der Waals surface area contributed by atoms with Gasteiger partial charge in [-0.25, -0.2) is 4.79 Å². The van der Waals surface area contributed by atoms with Crippen LogP contribution in [0.4, 0.5) is 0 Å². The lowest BCUT2D eigenvalue weighted by atomic mass is 9.84. The highest BCUT2D eigenvalue weighted by Gasteiger charge is 2.35. The predicted octanol–water partition coefficient (Wildman–Crippen LogP) is 3.40. The summed E-state index contributed by atoms with van der Waals surface area (Å²) in [5.41, 5.74) is 1.80. The monoisotopic (exact) mass is 409 g/mol. The molecule has 134 valence electrons. The third kappa shape index (κ3) is 3.51. The lowest BCUT2D eigenvalue weighted by Crippen LogP contribution is -2.35. The highest BCUT2D eigenvalue weighted by molar-refractivity contribution is 9.10. The minimum Gasteiger partial charge on any atom is -0.459 e. The molecule has 0 saturated heterocycles. The summed E-state index contributed by atoms with van der Waals surface area (Å²) in [4.78, 5) is 24.8. The van der Waals surface area contributed by atoms with Crippen LogP contribution in [0.1, 0.15) is 45.1 Å². The van der Waals surface area contributed by atoms with E-state index in [-0.39, 0.29) is 25.2 Å². The number of benzene rings is 1. The average Bonchev–Trinajstić information content (AvgIpc) is 2.99. The normalized spacial score (nSPS) is 20.3. The van der Waals surface area contributed by atoms with Crippen LogP contribution in [0, 0.1) is 0 Å². The van der Waals surface area contributed by atoms with Gasteiger partial charge < -0.3 is 19.5 Å². The van der Waals surface area contributed by atoms with Crippen molar-refractivity contribution < 1.29 is 23.8 Å². The first kappa shape index (κ1) is 17.8. The minimum absolute atomic E-state index is 0.132. The molecule has 2 aliphatic heterocycles. The molecule has 25 heavy (non-hydrogen) atoms. The van der Waals surface area contributed by atoms with Crippen molar-refractivity contribution in [3.8, 4) is 11.5 Å². The lowest BCUT2D eigenvalue weighted by Gasteiger charge is -2.28. The fourth-order valence-corrected chi connectivity index (χ4v) is 3.57. The number of allylic oxidation sites excluding steroid dienone is 1. The zero-order chi connectivity index (χ0) is 18.1. The Bertz CT molecular complexity index is 758. The Hall–Kier alpha value is -2.02. The zero-order valence-corrected chi connectivity index (χ0v) is 15.9. The molecule has 0 spiro atoms. The van der Waals surface area contributed by atoms with Crippen molar-refractivity contribution in [3.63, 3.8) is 0 Å². The van der Waals surface area contributed by atoms with E-state index in [9.17, 15) is 9.59 Å². The Morgan fingerprint density at radius 1 is 1.40 bits per heavy atom. The molecule has 3 rings (SSSR count). The topological polar surface area (TPSA) is 73.9 Å². The van der Waals surface area contributed by atoms with Gasteiger partial charge in [0.05, 0.1) is 11.7 Å². The maximum Gasteiger partial charge on any atom is 0.336 e. The molecule has 1 aromatic rings. The van der Waals surface area contributed by atoms with Crippen LogP contribution in [-0.4, -0.2) is 24.8 Å². The summed E-state index contributed by atoms with van der Waals surface area (Å²) in [5, 5.41) is 2.74. The standard InChI is InChI=1S/C18H20BrNO5/c1-4-9(2)25-18(22)17-10(3)20-16(21)6-12(17)11-5-14-15(7-13(11)19)24-8-23-14/h5,7,9,12H,4,6,8H2,1-3H3,(H,20,21). The number of hydrogen-bond acceptors (Lipinski definition) is 5. The number of amides is 1. The maximum absolute atomic E-state index is 12.7. The van der Waals surface area contributed by atoms with Gasteiger partial charge in [0.15, 0.2) is 11.5 Å². The smallest absolute Gasteiger partial charge is 0.336 e. The van der Waals surface area contributed by atoms with Crippen molar-refractivity contribution in [2.24, 2.45) is 0 Å². The van der Waals surface area contributed by atoms with Crippen molar-refractivity contribution in [3.05, 3.63) is 33.4 Å². The van der Waals surface area contributed by atoms with Gasteiger partial charge in [0.25, 0.3) is 0 Å². The van der Waals surface area contributed by atoms with E-state index in [2.05, 4.69) is 21.2 Å². The van der Waals surface area contributed by atoms with Crippen LogP contribution in [0.3, 0.4) is 0 Å². The number of halogens is 1. The van der Waals surface area contributed by atoms with Crippen LogP contribution in [0.15, 0.2) is 27.9 Å². The second-order valence-electron chi connectivity index (χ2n) is 6.19. The Morgan fingerprint density at radius 2 is 2.08 bits per heavy atom. The van der Waals surface area contributed by atoms with Gasteiger partial charge >= 0.3 is 5.97 Å². The van der Waals surface area contributed by atoms with Crippen molar-refractivity contribution >= 4 is 27.8 Å². The summed E-state index contributed by atoms with van der Waals surface area (Å²) in [5.74, 6) is 0.305. The van der Waals surface area contributed by atoms with Crippen LogP contribution in [0.5, 0.6) is 11.5 Å². The minimum atomic E-state index is -0.408. The van der Waals surface area contributed by atoms with Crippen molar-refractivity contribution in [2.45, 2.75) is 45.6 Å². The molecule has 0 saturated carbocycles. The van der Waals surface area contributed by atoms with Crippen LogP contribution >= 0.6 is 15.9 Å². The number of carbonyl (C=O) groups excluding carboxylic acids is 2. The molecule has 0 bridgehead atoms. The lowest BCUT2D eigenvalue weighted by molar-refractivity contribution is -0.144. The number of esters is 1. The van der Waals surface area contributed by atoms with E-state index in [1.807, 2.05) is 19.9 Å². The molecule has 1 aromatic carbocycles. The van der Waals surface area contributed by atoms with Gasteiger partial charge in [-0.3, -0.25) is 4.79 Å². The Labute approximate surface area is 154 Å².